The normalized spacial score (nSPS) is 17.4. The zero-order valence-electron chi connectivity index (χ0n) is 9.80. The lowest BCUT2D eigenvalue weighted by molar-refractivity contribution is -0.143. The van der Waals surface area contributed by atoms with Gasteiger partial charge in [0.1, 0.15) is 12.6 Å². The van der Waals surface area contributed by atoms with E-state index < -0.39 is 17.9 Å². The van der Waals surface area contributed by atoms with Crippen LogP contribution in [-0.4, -0.2) is 52.0 Å². The molecule has 1 rings (SSSR count). The molecule has 0 unspecified atom stereocenters. The molecule has 1 saturated heterocycles. The summed E-state index contributed by atoms with van der Waals surface area (Å²) in [7, 11) is 0. The first-order valence-corrected chi connectivity index (χ1v) is 6.45. The van der Waals surface area contributed by atoms with Crippen LogP contribution in [0.1, 0.15) is 13.8 Å². The predicted octanol–water partition coefficient (Wildman–Crippen LogP) is -0.255. The number of hydrogen-bond acceptors (Lipinski definition) is 4. The van der Waals surface area contributed by atoms with Crippen LogP contribution >= 0.6 is 11.8 Å². The largest absolute Gasteiger partial charge is 0.480 e. The minimum atomic E-state index is -1.06. The lowest BCUT2D eigenvalue weighted by Crippen LogP contribution is -2.48. The number of carbonyl (C=O) groups excluding carboxylic acids is 2. The third kappa shape index (κ3) is 3.92. The molecule has 1 fully saturated rings. The monoisotopic (exact) mass is 260 g/mol. The molecule has 0 spiro atoms. The Kier molecular flexibility index (Phi) is 4.80. The Labute approximate surface area is 104 Å². The number of carboxylic acid groups (broad SMARTS) is 1. The van der Waals surface area contributed by atoms with E-state index in [4.69, 9.17) is 5.11 Å². The molecular weight excluding hydrogens is 244 g/mol. The number of thioether (sulfide) groups is 1. The van der Waals surface area contributed by atoms with Gasteiger partial charge in [-0.25, -0.2) is 4.79 Å². The predicted molar refractivity (Wildman–Crippen MR) is 63.4 cm³/mol. The molecule has 0 bridgehead atoms. The minimum absolute atomic E-state index is 0.0671. The molecule has 17 heavy (non-hydrogen) atoms. The van der Waals surface area contributed by atoms with E-state index in [9.17, 15) is 14.4 Å². The molecule has 6 nitrogen and oxygen atoms in total. The zero-order chi connectivity index (χ0) is 13.0. The highest BCUT2D eigenvalue weighted by molar-refractivity contribution is 8.00. The zero-order valence-corrected chi connectivity index (χ0v) is 10.6. The Hall–Kier alpha value is -1.24. The molecule has 0 aromatic rings. The van der Waals surface area contributed by atoms with Crippen molar-refractivity contribution < 1.29 is 19.5 Å². The highest BCUT2D eigenvalue weighted by Gasteiger charge is 2.27. The molecular formula is C10H16N2O4S. The number of carbonyl (C=O) groups is 3. The van der Waals surface area contributed by atoms with Crippen molar-refractivity contribution >= 4 is 29.5 Å². The summed E-state index contributed by atoms with van der Waals surface area (Å²) in [5.41, 5.74) is 0. The second-order valence-electron chi connectivity index (χ2n) is 4.20. The Bertz CT molecular complexity index is 332. The fourth-order valence-electron chi connectivity index (χ4n) is 1.45. The van der Waals surface area contributed by atoms with Gasteiger partial charge in [-0.15, -0.1) is 11.8 Å². The summed E-state index contributed by atoms with van der Waals surface area (Å²) in [4.78, 5) is 35.2. The highest BCUT2D eigenvalue weighted by atomic mass is 32.2. The van der Waals surface area contributed by atoms with Gasteiger partial charge in [-0.2, -0.15) is 0 Å². The smallest absolute Gasteiger partial charge is 0.326 e. The van der Waals surface area contributed by atoms with Crippen LogP contribution in [0.15, 0.2) is 0 Å². The number of nitrogens with zero attached hydrogens (tertiary/aromatic N) is 1. The van der Waals surface area contributed by atoms with Crippen molar-refractivity contribution in [2.45, 2.75) is 19.9 Å². The van der Waals surface area contributed by atoms with Crippen LogP contribution in [0, 0.1) is 5.92 Å². The molecule has 0 radical (unpaired) electrons. The SMILES string of the molecule is CC(C)[C@@H](NC(=O)CN1CSCC1=O)C(=O)O. The van der Waals surface area contributed by atoms with Crippen molar-refractivity contribution in [3.05, 3.63) is 0 Å². The minimum Gasteiger partial charge on any atom is -0.480 e. The van der Waals surface area contributed by atoms with Gasteiger partial charge in [-0.3, -0.25) is 9.59 Å². The van der Waals surface area contributed by atoms with E-state index in [0.29, 0.717) is 11.6 Å². The van der Waals surface area contributed by atoms with E-state index in [1.54, 1.807) is 13.8 Å². The summed E-state index contributed by atoms with van der Waals surface area (Å²) in [6.07, 6.45) is 0. The van der Waals surface area contributed by atoms with Crippen molar-refractivity contribution in [3.63, 3.8) is 0 Å². The molecule has 1 atom stereocenters. The van der Waals surface area contributed by atoms with E-state index in [2.05, 4.69) is 5.32 Å². The van der Waals surface area contributed by atoms with Crippen LogP contribution in [-0.2, 0) is 14.4 Å². The van der Waals surface area contributed by atoms with E-state index >= 15 is 0 Å². The number of amides is 2. The van der Waals surface area contributed by atoms with Gasteiger partial charge in [0.15, 0.2) is 0 Å². The molecule has 1 aliphatic heterocycles. The van der Waals surface area contributed by atoms with E-state index in [0.717, 1.165) is 0 Å². The van der Waals surface area contributed by atoms with Crippen LogP contribution in [0.25, 0.3) is 0 Å². The maximum atomic E-state index is 11.6. The number of nitrogens with one attached hydrogen (secondary N) is 1. The summed E-state index contributed by atoms with van der Waals surface area (Å²) < 4.78 is 0. The summed E-state index contributed by atoms with van der Waals surface area (Å²) in [5, 5.41) is 11.3. The third-order valence-corrected chi connectivity index (χ3v) is 3.35. The quantitative estimate of drug-likeness (QED) is 0.711. The van der Waals surface area contributed by atoms with Crippen LogP contribution in [0.2, 0.25) is 0 Å². The molecule has 2 N–H and O–H groups in total. The molecule has 7 heteroatoms. The summed E-state index contributed by atoms with van der Waals surface area (Å²) in [6, 6.07) is -0.909. The van der Waals surface area contributed by atoms with Gasteiger partial charge in [-0.05, 0) is 5.92 Å². The summed E-state index contributed by atoms with van der Waals surface area (Å²) in [5.74, 6) is -0.884. The van der Waals surface area contributed by atoms with Crippen LogP contribution in [0.5, 0.6) is 0 Å². The lowest BCUT2D eigenvalue weighted by atomic mass is 10.0. The van der Waals surface area contributed by atoms with E-state index in [1.807, 2.05) is 0 Å². The molecule has 0 aromatic carbocycles. The summed E-state index contributed by atoms with van der Waals surface area (Å²) >= 11 is 1.44. The van der Waals surface area contributed by atoms with Gasteiger partial charge in [0.25, 0.3) is 0 Å². The lowest BCUT2D eigenvalue weighted by Gasteiger charge is -2.20. The number of rotatable bonds is 5. The fourth-order valence-corrected chi connectivity index (χ4v) is 2.35. The van der Waals surface area contributed by atoms with Crippen molar-refractivity contribution in [2.75, 3.05) is 18.2 Å². The number of carboxylic acids is 1. The van der Waals surface area contributed by atoms with E-state index in [1.165, 1.54) is 16.7 Å². The van der Waals surface area contributed by atoms with Gasteiger partial charge in [-0.1, -0.05) is 13.8 Å². The van der Waals surface area contributed by atoms with Crippen LogP contribution in [0.3, 0.4) is 0 Å². The van der Waals surface area contributed by atoms with Gasteiger partial charge in [0.2, 0.25) is 11.8 Å². The Balaban J connectivity index is 2.47. The Morgan fingerprint density at radius 3 is 2.59 bits per heavy atom. The molecule has 2 amide bonds. The fraction of sp³-hybridized carbons (Fsp3) is 0.700. The first-order valence-electron chi connectivity index (χ1n) is 5.29. The number of hydrogen-bond donors (Lipinski definition) is 2. The second-order valence-corrected chi connectivity index (χ2v) is 5.15. The van der Waals surface area contributed by atoms with Crippen molar-refractivity contribution in [1.29, 1.82) is 0 Å². The first-order chi connectivity index (χ1) is 7.91. The topological polar surface area (TPSA) is 86.7 Å². The summed E-state index contributed by atoms with van der Waals surface area (Å²) in [6.45, 7) is 3.37. The van der Waals surface area contributed by atoms with Crippen LogP contribution in [0.4, 0.5) is 0 Å². The van der Waals surface area contributed by atoms with Crippen LogP contribution < -0.4 is 5.32 Å². The average Bonchev–Trinajstić information content (AvgIpc) is 2.60. The third-order valence-electron chi connectivity index (χ3n) is 2.41. The van der Waals surface area contributed by atoms with Gasteiger partial charge in [0.05, 0.1) is 11.6 Å². The second kappa shape index (κ2) is 5.90. The maximum Gasteiger partial charge on any atom is 0.326 e. The van der Waals surface area contributed by atoms with E-state index in [-0.39, 0.29) is 18.4 Å². The molecule has 0 aliphatic carbocycles. The Morgan fingerprint density at radius 2 is 2.18 bits per heavy atom. The van der Waals surface area contributed by atoms with Crippen molar-refractivity contribution in [1.82, 2.24) is 10.2 Å². The number of aliphatic carboxylic acids is 1. The molecule has 0 aromatic heterocycles. The standard InChI is InChI=1S/C10H16N2O4S/c1-6(2)9(10(15)16)11-7(13)3-12-5-17-4-8(12)14/h6,9H,3-5H2,1-2H3,(H,11,13)(H,15,16)/t9-/m1/s1. The maximum absolute atomic E-state index is 11.6. The molecule has 0 saturated carbocycles. The first kappa shape index (κ1) is 13.8. The van der Waals surface area contributed by atoms with Gasteiger partial charge >= 0.3 is 5.97 Å². The van der Waals surface area contributed by atoms with Crippen molar-refractivity contribution in [2.24, 2.45) is 5.92 Å². The van der Waals surface area contributed by atoms with Gasteiger partial charge < -0.3 is 15.3 Å². The average molecular weight is 260 g/mol. The van der Waals surface area contributed by atoms with Crippen molar-refractivity contribution in [3.8, 4) is 0 Å². The molecule has 1 aliphatic rings. The molecule has 96 valence electrons. The highest BCUT2D eigenvalue weighted by Crippen LogP contribution is 2.14. The van der Waals surface area contributed by atoms with Gasteiger partial charge in [0, 0.05) is 0 Å². The Morgan fingerprint density at radius 1 is 1.53 bits per heavy atom. The molecule has 1 heterocycles.